The Bertz CT molecular complexity index is 683. The van der Waals surface area contributed by atoms with Crippen molar-refractivity contribution in [2.45, 2.75) is 18.7 Å². The molecule has 22 heavy (non-hydrogen) atoms. The molecule has 0 radical (unpaired) electrons. The molecular formula is C14H19NO6S. The van der Waals surface area contributed by atoms with E-state index in [4.69, 9.17) is 5.11 Å². The monoisotopic (exact) mass is 329 g/mol. The molecule has 0 saturated heterocycles. The molecule has 0 saturated carbocycles. The van der Waals surface area contributed by atoms with E-state index in [1.165, 1.54) is 39.3 Å². The Kier molecular flexibility index (Phi) is 5.67. The van der Waals surface area contributed by atoms with E-state index in [0.29, 0.717) is 5.56 Å². The Morgan fingerprint density at radius 3 is 2.45 bits per heavy atom. The average Bonchev–Trinajstić information content (AvgIpc) is 2.46. The van der Waals surface area contributed by atoms with Crippen LogP contribution >= 0.6 is 0 Å². The zero-order chi connectivity index (χ0) is 17.1. The molecule has 1 atom stereocenters. The molecule has 0 aliphatic rings. The van der Waals surface area contributed by atoms with Crippen molar-refractivity contribution in [2.75, 3.05) is 20.7 Å². The van der Waals surface area contributed by atoms with Gasteiger partial charge in [-0.15, -0.1) is 0 Å². The molecule has 0 aromatic heterocycles. The Balaban J connectivity index is 3.18. The lowest BCUT2D eigenvalue weighted by atomic mass is 10.1. The summed E-state index contributed by atoms with van der Waals surface area (Å²) in [4.78, 5) is 22.4. The van der Waals surface area contributed by atoms with Crippen LogP contribution in [0.1, 0.15) is 22.8 Å². The summed E-state index contributed by atoms with van der Waals surface area (Å²) in [6.45, 7) is 2.92. The maximum absolute atomic E-state index is 12.4. The van der Waals surface area contributed by atoms with Gasteiger partial charge in [0, 0.05) is 13.6 Å². The minimum atomic E-state index is -3.89. The number of benzene rings is 1. The predicted octanol–water partition coefficient (Wildman–Crippen LogP) is 1.12. The number of hydrogen-bond acceptors (Lipinski definition) is 5. The fourth-order valence-corrected chi connectivity index (χ4v) is 3.12. The van der Waals surface area contributed by atoms with Gasteiger partial charge in [0.25, 0.3) is 0 Å². The van der Waals surface area contributed by atoms with Crippen molar-refractivity contribution in [1.82, 2.24) is 4.31 Å². The lowest BCUT2D eigenvalue weighted by Gasteiger charge is -2.19. The zero-order valence-corrected chi connectivity index (χ0v) is 13.7. The Hall–Kier alpha value is -1.93. The summed E-state index contributed by atoms with van der Waals surface area (Å²) in [6, 6.07) is 4.12. The number of ether oxygens (including phenoxy) is 1. The van der Waals surface area contributed by atoms with E-state index in [1.807, 2.05) is 0 Å². The first-order chi connectivity index (χ1) is 10.1. The summed E-state index contributed by atoms with van der Waals surface area (Å²) in [5.41, 5.74) is 0.746. The van der Waals surface area contributed by atoms with E-state index in [9.17, 15) is 18.0 Å². The molecule has 1 aromatic carbocycles. The molecule has 8 heteroatoms. The van der Waals surface area contributed by atoms with Gasteiger partial charge >= 0.3 is 11.9 Å². The number of esters is 1. The Labute approximate surface area is 129 Å². The number of carbonyl (C=O) groups excluding carboxylic acids is 1. The van der Waals surface area contributed by atoms with Crippen LogP contribution in [0.25, 0.3) is 0 Å². The molecule has 0 fully saturated rings. The van der Waals surface area contributed by atoms with Crippen LogP contribution in [0.15, 0.2) is 23.1 Å². The van der Waals surface area contributed by atoms with E-state index in [2.05, 4.69) is 4.74 Å². The first-order valence-corrected chi connectivity index (χ1v) is 7.93. The van der Waals surface area contributed by atoms with Gasteiger partial charge in [-0.25, -0.2) is 17.5 Å². The first-order valence-electron chi connectivity index (χ1n) is 6.49. The van der Waals surface area contributed by atoms with Crippen molar-refractivity contribution < 1.29 is 27.9 Å². The van der Waals surface area contributed by atoms with Crippen LogP contribution in [-0.4, -0.2) is 50.5 Å². The second kappa shape index (κ2) is 6.89. The van der Waals surface area contributed by atoms with Crippen LogP contribution in [-0.2, 0) is 19.6 Å². The fourth-order valence-electron chi connectivity index (χ4n) is 1.83. The maximum atomic E-state index is 12.4. The largest absolute Gasteiger partial charge is 0.481 e. The molecule has 122 valence electrons. The second-order valence-electron chi connectivity index (χ2n) is 4.99. The van der Waals surface area contributed by atoms with Gasteiger partial charge in [0.15, 0.2) is 0 Å². The predicted molar refractivity (Wildman–Crippen MR) is 79.1 cm³/mol. The first kappa shape index (κ1) is 18.1. The lowest BCUT2D eigenvalue weighted by Crippen LogP contribution is -2.33. The summed E-state index contributed by atoms with van der Waals surface area (Å²) in [5.74, 6) is -2.55. The molecule has 1 rings (SSSR count). The third-order valence-electron chi connectivity index (χ3n) is 3.28. The summed E-state index contributed by atoms with van der Waals surface area (Å²) >= 11 is 0. The number of aryl methyl sites for hydroxylation is 1. The van der Waals surface area contributed by atoms with E-state index >= 15 is 0 Å². The minimum absolute atomic E-state index is 0.0846. The summed E-state index contributed by atoms with van der Waals surface area (Å²) in [5, 5.41) is 8.87. The van der Waals surface area contributed by atoms with Gasteiger partial charge in [-0.2, -0.15) is 0 Å². The Morgan fingerprint density at radius 2 is 1.95 bits per heavy atom. The lowest BCUT2D eigenvalue weighted by molar-refractivity contribution is -0.141. The number of sulfonamides is 1. The molecule has 0 amide bonds. The highest BCUT2D eigenvalue weighted by Crippen LogP contribution is 2.20. The van der Waals surface area contributed by atoms with E-state index < -0.39 is 27.9 Å². The van der Waals surface area contributed by atoms with Crippen molar-refractivity contribution in [2.24, 2.45) is 5.92 Å². The van der Waals surface area contributed by atoms with Gasteiger partial charge in [0.1, 0.15) is 0 Å². The minimum Gasteiger partial charge on any atom is -0.481 e. The van der Waals surface area contributed by atoms with Crippen molar-refractivity contribution in [1.29, 1.82) is 0 Å². The zero-order valence-electron chi connectivity index (χ0n) is 12.9. The van der Waals surface area contributed by atoms with Crippen molar-refractivity contribution in [3.05, 3.63) is 29.3 Å². The third kappa shape index (κ3) is 3.83. The van der Waals surface area contributed by atoms with Gasteiger partial charge in [-0.3, -0.25) is 4.79 Å². The number of carboxylic acids is 1. The van der Waals surface area contributed by atoms with Gasteiger partial charge in [-0.1, -0.05) is 13.0 Å². The number of rotatable bonds is 6. The van der Waals surface area contributed by atoms with E-state index in [1.54, 1.807) is 6.92 Å². The normalized spacial score (nSPS) is 13.0. The number of carboxylic acid groups (broad SMARTS) is 1. The number of nitrogens with zero attached hydrogens (tertiary/aromatic N) is 1. The standard InChI is InChI=1S/C14H19NO6S/c1-9-5-6-11(7-12(9)14(18)21-4)22(19,20)15(3)8-10(2)13(16)17/h5-7,10H,8H2,1-4H3,(H,16,17). The van der Waals surface area contributed by atoms with Gasteiger partial charge in [0.05, 0.1) is 23.5 Å². The molecule has 0 spiro atoms. The van der Waals surface area contributed by atoms with Crippen LogP contribution in [0.2, 0.25) is 0 Å². The maximum Gasteiger partial charge on any atom is 0.338 e. The molecule has 0 aliphatic carbocycles. The summed E-state index contributed by atoms with van der Waals surface area (Å²) in [6.07, 6.45) is 0. The number of aliphatic carboxylic acids is 1. The van der Waals surface area contributed by atoms with Crippen LogP contribution in [0.5, 0.6) is 0 Å². The molecular weight excluding hydrogens is 310 g/mol. The van der Waals surface area contributed by atoms with E-state index in [0.717, 1.165) is 4.31 Å². The van der Waals surface area contributed by atoms with E-state index in [-0.39, 0.29) is 17.0 Å². The summed E-state index contributed by atoms with van der Waals surface area (Å²) < 4.78 is 30.5. The molecule has 7 nitrogen and oxygen atoms in total. The fraction of sp³-hybridized carbons (Fsp3) is 0.429. The number of hydrogen-bond donors (Lipinski definition) is 1. The highest BCUT2D eigenvalue weighted by atomic mass is 32.2. The van der Waals surface area contributed by atoms with Crippen LogP contribution in [0.4, 0.5) is 0 Å². The second-order valence-corrected chi connectivity index (χ2v) is 7.04. The van der Waals surface area contributed by atoms with Crippen LogP contribution < -0.4 is 0 Å². The quantitative estimate of drug-likeness (QED) is 0.785. The molecule has 1 N–H and O–H groups in total. The van der Waals surface area contributed by atoms with Crippen LogP contribution in [0, 0.1) is 12.8 Å². The van der Waals surface area contributed by atoms with Crippen LogP contribution in [0.3, 0.4) is 0 Å². The molecule has 1 aromatic rings. The van der Waals surface area contributed by atoms with Gasteiger partial charge in [-0.05, 0) is 24.6 Å². The highest BCUT2D eigenvalue weighted by molar-refractivity contribution is 7.89. The van der Waals surface area contributed by atoms with Gasteiger partial charge < -0.3 is 9.84 Å². The van der Waals surface area contributed by atoms with Crippen molar-refractivity contribution in [3.63, 3.8) is 0 Å². The highest BCUT2D eigenvalue weighted by Gasteiger charge is 2.26. The molecule has 1 unspecified atom stereocenters. The SMILES string of the molecule is COC(=O)c1cc(S(=O)(=O)N(C)CC(C)C(=O)O)ccc1C. The molecule has 0 bridgehead atoms. The third-order valence-corrected chi connectivity index (χ3v) is 5.09. The Morgan fingerprint density at radius 1 is 1.36 bits per heavy atom. The average molecular weight is 329 g/mol. The number of carbonyl (C=O) groups is 2. The number of methoxy groups -OCH3 is 1. The summed E-state index contributed by atoms with van der Waals surface area (Å²) in [7, 11) is -1.38. The van der Waals surface area contributed by atoms with Gasteiger partial charge in [0.2, 0.25) is 10.0 Å². The van der Waals surface area contributed by atoms with Crippen molar-refractivity contribution >= 4 is 22.0 Å². The molecule has 0 aliphatic heterocycles. The smallest absolute Gasteiger partial charge is 0.338 e. The van der Waals surface area contributed by atoms with Crippen molar-refractivity contribution in [3.8, 4) is 0 Å². The molecule has 0 heterocycles. The topological polar surface area (TPSA) is 101 Å².